The van der Waals surface area contributed by atoms with Crippen molar-refractivity contribution in [3.05, 3.63) is 41.5 Å². The number of carbonyl (C=O) groups is 1. The van der Waals surface area contributed by atoms with Crippen molar-refractivity contribution in [2.45, 2.75) is 38.2 Å². The van der Waals surface area contributed by atoms with Crippen molar-refractivity contribution in [2.24, 2.45) is 0 Å². The molecule has 2 rings (SSSR count). The third kappa shape index (κ3) is 4.21. The summed E-state index contributed by atoms with van der Waals surface area (Å²) in [6.45, 7) is 2.43. The molecule has 0 heterocycles. The summed E-state index contributed by atoms with van der Waals surface area (Å²) in [6.07, 6.45) is 6.80. The molecule has 0 radical (unpaired) electrons. The lowest BCUT2D eigenvalue weighted by Gasteiger charge is -2.36. The van der Waals surface area contributed by atoms with Crippen LogP contribution in [0.4, 0.5) is 0 Å². The van der Waals surface area contributed by atoms with E-state index in [-0.39, 0.29) is 5.91 Å². The lowest BCUT2D eigenvalue weighted by Crippen LogP contribution is -2.47. The summed E-state index contributed by atoms with van der Waals surface area (Å²) in [5, 5.41) is 12.6. The Morgan fingerprint density at radius 2 is 2.05 bits per heavy atom. The van der Waals surface area contributed by atoms with Gasteiger partial charge in [-0.3, -0.25) is 4.79 Å². The van der Waals surface area contributed by atoms with Gasteiger partial charge in [-0.05, 0) is 31.7 Å². The van der Waals surface area contributed by atoms with E-state index in [1.165, 1.54) is 5.56 Å². The molecular weight excluding hydrogens is 238 g/mol. The van der Waals surface area contributed by atoms with Crippen molar-refractivity contribution >= 4 is 12.0 Å². The first-order chi connectivity index (χ1) is 9.07. The Morgan fingerprint density at radius 3 is 2.63 bits per heavy atom. The largest absolute Gasteiger partial charge is 0.388 e. The van der Waals surface area contributed by atoms with Gasteiger partial charge in [-0.1, -0.05) is 42.0 Å². The monoisotopic (exact) mass is 259 g/mol. The van der Waals surface area contributed by atoms with Gasteiger partial charge in [0, 0.05) is 13.0 Å². The molecule has 1 amide bonds. The van der Waals surface area contributed by atoms with Crippen LogP contribution in [0, 0.1) is 6.92 Å². The molecule has 19 heavy (non-hydrogen) atoms. The molecule has 0 atom stereocenters. The summed E-state index contributed by atoms with van der Waals surface area (Å²) in [6, 6.07) is 8.15. The molecule has 1 aromatic rings. The average Bonchev–Trinajstić information content (AvgIpc) is 2.36. The van der Waals surface area contributed by atoms with Crippen LogP contribution in [-0.2, 0) is 4.79 Å². The normalized spacial score (nSPS) is 17.2. The van der Waals surface area contributed by atoms with Crippen LogP contribution < -0.4 is 5.32 Å². The highest BCUT2D eigenvalue weighted by atomic mass is 16.3. The minimum absolute atomic E-state index is 0.0383. The summed E-state index contributed by atoms with van der Waals surface area (Å²) in [5.74, 6) is -0.0383. The minimum atomic E-state index is -0.643. The van der Waals surface area contributed by atoms with Crippen LogP contribution in [0.15, 0.2) is 30.3 Å². The zero-order valence-electron chi connectivity index (χ0n) is 11.4. The zero-order chi connectivity index (χ0) is 13.7. The molecule has 3 heteroatoms. The van der Waals surface area contributed by atoms with Crippen LogP contribution in [0.3, 0.4) is 0 Å². The fraction of sp³-hybridized carbons (Fsp3) is 0.438. The number of benzene rings is 1. The molecular formula is C16H21NO2. The van der Waals surface area contributed by atoms with Crippen LogP contribution in [0.1, 0.15) is 36.8 Å². The number of hydrogen-bond donors (Lipinski definition) is 2. The number of rotatable bonds is 5. The summed E-state index contributed by atoms with van der Waals surface area (Å²) in [4.78, 5) is 11.6. The molecule has 1 fully saturated rings. The van der Waals surface area contributed by atoms with E-state index in [9.17, 15) is 9.90 Å². The van der Waals surface area contributed by atoms with Crippen LogP contribution >= 0.6 is 0 Å². The predicted octanol–water partition coefficient (Wildman–Crippen LogP) is 2.43. The quantitative estimate of drug-likeness (QED) is 0.853. The lowest BCUT2D eigenvalue weighted by molar-refractivity contribution is -0.122. The topological polar surface area (TPSA) is 49.3 Å². The van der Waals surface area contributed by atoms with Crippen molar-refractivity contribution < 1.29 is 9.90 Å². The second kappa shape index (κ2) is 6.02. The number of amides is 1. The Balaban J connectivity index is 1.72. The van der Waals surface area contributed by atoms with Gasteiger partial charge < -0.3 is 10.4 Å². The second-order valence-corrected chi connectivity index (χ2v) is 5.37. The van der Waals surface area contributed by atoms with Crippen molar-refractivity contribution in [3.63, 3.8) is 0 Å². The molecule has 0 aliphatic heterocycles. The maximum absolute atomic E-state index is 11.6. The number of aliphatic hydroxyl groups is 1. The Bertz CT molecular complexity index is 458. The van der Waals surface area contributed by atoms with Gasteiger partial charge in [-0.25, -0.2) is 0 Å². The van der Waals surface area contributed by atoms with Crippen LogP contribution in [0.2, 0.25) is 0 Å². The maximum Gasteiger partial charge on any atom is 0.223 e. The van der Waals surface area contributed by atoms with E-state index < -0.39 is 5.60 Å². The Hall–Kier alpha value is -1.61. The van der Waals surface area contributed by atoms with Gasteiger partial charge >= 0.3 is 0 Å². The first-order valence-corrected chi connectivity index (χ1v) is 6.80. The maximum atomic E-state index is 11.6. The van der Waals surface area contributed by atoms with Crippen LogP contribution in [0.5, 0.6) is 0 Å². The molecule has 0 spiro atoms. The van der Waals surface area contributed by atoms with Crippen molar-refractivity contribution in [2.75, 3.05) is 6.54 Å². The summed E-state index contributed by atoms with van der Waals surface area (Å²) >= 11 is 0. The summed E-state index contributed by atoms with van der Waals surface area (Å²) in [5.41, 5.74) is 1.68. The smallest absolute Gasteiger partial charge is 0.223 e. The van der Waals surface area contributed by atoms with Gasteiger partial charge in [-0.2, -0.15) is 0 Å². The lowest BCUT2D eigenvalue weighted by atomic mass is 9.80. The Labute approximate surface area is 114 Å². The van der Waals surface area contributed by atoms with E-state index in [1.807, 2.05) is 43.3 Å². The molecule has 102 valence electrons. The zero-order valence-corrected chi connectivity index (χ0v) is 11.4. The van der Waals surface area contributed by atoms with Gasteiger partial charge in [0.15, 0.2) is 0 Å². The third-order valence-corrected chi connectivity index (χ3v) is 3.59. The molecule has 3 nitrogen and oxygen atoms in total. The molecule has 0 unspecified atom stereocenters. The average molecular weight is 259 g/mol. The molecule has 1 aromatic carbocycles. The van der Waals surface area contributed by atoms with Gasteiger partial charge in [0.25, 0.3) is 0 Å². The third-order valence-electron chi connectivity index (χ3n) is 3.59. The van der Waals surface area contributed by atoms with Crippen LogP contribution in [0.25, 0.3) is 6.08 Å². The fourth-order valence-corrected chi connectivity index (χ4v) is 2.08. The molecule has 0 aromatic heterocycles. The molecule has 2 N–H and O–H groups in total. The second-order valence-electron chi connectivity index (χ2n) is 5.37. The van der Waals surface area contributed by atoms with Gasteiger partial charge in [0.05, 0.1) is 5.60 Å². The minimum Gasteiger partial charge on any atom is -0.388 e. The molecule has 0 bridgehead atoms. The Morgan fingerprint density at radius 1 is 1.37 bits per heavy atom. The van der Waals surface area contributed by atoms with Gasteiger partial charge in [0.1, 0.15) is 0 Å². The van der Waals surface area contributed by atoms with Crippen molar-refractivity contribution in [1.29, 1.82) is 0 Å². The summed E-state index contributed by atoms with van der Waals surface area (Å²) in [7, 11) is 0. The highest BCUT2D eigenvalue weighted by Gasteiger charge is 2.34. The molecule has 1 aliphatic rings. The van der Waals surface area contributed by atoms with Gasteiger partial charge in [0.2, 0.25) is 5.91 Å². The number of nitrogens with one attached hydrogen (secondary N) is 1. The van der Waals surface area contributed by atoms with E-state index in [0.29, 0.717) is 13.0 Å². The highest BCUT2D eigenvalue weighted by Crippen LogP contribution is 2.30. The number of carbonyl (C=O) groups excluding carboxylic acids is 1. The standard InChI is InChI=1S/C16H21NO2/c1-13-6-8-14(9-7-13)4-2-5-15(18)17-12-16(19)10-3-11-16/h2,4,6-9,19H,3,5,10-12H2,1H3,(H,17,18). The van der Waals surface area contributed by atoms with E-state index in [0.717, 1.165) is 24.8 Å². The SMILES string of the molecule is Cc1ccc(C=CCC(=O)NCC2(O)CCC2)cc1. The molecule has 0 saturated heterocycles. The first-order valence-electron chi connectivity index (χ1n) is 6.80. The predicted molar refractivity (Wildman–Crippen MR) is 76.6 cm³/mol. The molecule has 1 saturated carbocycles. The van der Waals surface area contributed by atoms with Crippen molar-refractivity contribution in [3.8, 4) is 0 Å². The molecule has 1 aliphatic carbocycles. The van der Waals surface area contributed by atoms with E-state index in [4.69, 9.17) is 0 Å². The highest BCUT2D eigenvalue weighted by molar-refractivity contribution is 5.78. The first kappa shape index (κ1) is 13.8. The Kier molecular flexibility index (Phi) is 4.38. The summed E-state index contributed by atoms with van der Waals surface area (Å²) < 4.78 is 0. The van der Waals surface area contributed by atoms with Gasteiger partial charge in [-0.15, -0.1) is 0 Å². The number of aryl methyl sites for hydroxylation is 1. The number of hydrogen-bond acceptors (Lipinski definition) is 2. The van der Waals surface area contributed by atoms with E-state index >= 15 is 0 Å². The fourth-order valence-electron chi connectivity index (χ4n) is 2.08. The van der Waals surface area contributed by atoms with Crippen molar-refractivity contribution in [1.82, 2.24) is 5.32 Å². The van der Waals surface area contributed by atoms with E-state index in [2.05, 4.69) is 5.32 Å². The van der Waals surface area contributed by atoms with Crippen LogP contribution in [-0.4, -0.2) is 23.2 Å². The van der Waals surface area contributed by atoms with E-state index in [1.54, 1.807) is 0 Å².